The molecule has 0 radical (unpaired) electrons. The molecule has 0 atom stereocenters. The lowest BCUT2D eigenvalue weighted by Crippen LogP contribution is -2.29. The molecular weight excluding hydrogens is 413 g/mol. The quantitative estimate of drug-likeness (QED) is 0.429. The molecule has 1 aliphatic rings. The fourth-order valence-electron chi connectivity index (χ4n) is 2.39. The van der Waals surface area contributed by atoms with Crippen molar-refractivity contribution in [1.82, 2.24) is 0 Å². The van der Waals surface area contributed by atoms with E-state index in [1.165, 1.54) is 30.3 Å². The van der Waals surface area contributed by atoms with E-state index >= 15 is 0 Å². The van der Waals surface area contributed by atoms with Crippen LogP contribution in [0.2, 0.25) is 15.1 Å². The number of benzene rings is 2. The summed E-state index contributed by atoms with van der Waals surface area (Å²) in [5, 5.41) is 0.0763. The zero-order valence-corrected chi connectivity index (χ0v) is 15.5. The number of hydrogen-bond donors (Lipinski definition) is 0. The lowest BCUT2D eigenvalue weighted by Gasteiger charge is -2.16. The average molecular weight is 421 g/mol. The van der Waals surface area contributed by atoms with Gasteiger partial charge in [0.25, 0.3) is 11.8 Å². The zero-order chi connectivity index (χ0) is 18.5. The summed E-state index contributed by atoms with van der Waals surface area (Å²) in [6, 6.07) is 6.84. The van der Waals surface area contributed by atoms with Crippen molar-refractivity contribution < 1.29 is 22.2 Å². The van der Waals surface area contributed by atoms with Gasteiger partial charge in [0.2, 0.25) is 0 Å². The highest BCUT2D eigenvalue weighted by atomic mass is 35.5. The minimum absolute atomic E-state index is 0.00621. The van der Waals surface area contributed by atoms with E-state index in [4.69, 9.17) is 39.0 Å². The first-order valence-electron chi connectivity index (χ1n) is 6.66. The molecule has 0 aromatic heterocycles. The molecule has 2 amide bonds. The summed E-state index contributed by atoms with van der Waals surface area (Å²) >= 11 is 17.9. The van der Waals surface area contributed by atoms with E-state index < -0.39 is 21.9 Å². The van der Waals surface area contributed by atoms with Crippen LogP contribution in [-0.2, 0) is 10.1 Å². The Morgan fingerprint density at radius 2 is 1.64 bits per heavy atom. The molecule has 0 bridgehead atoms. The van der Waals surface area contributed by atoms with Crippen LogP contribution in [0.15, 0.2) is 30.3 Å². The highest BCUT2D eigenvalue weighted by Gasteiger charge is 2.41. The Morgan fingerprint density at radius 3 is 2.28 bits per heavy atom. The summed E-state index contributed by atoms with van der Waals surface area (Å²) in [5.74, 6) is -1.70. The largest absolute Gasteiger partial charge is 0.382 e. The first-order valence-corrected chi connectivity index (χ1v) is 9.61. The van der Waals surface area contributed by atoms with Gasteiger partial charge in [-0.05, 0) is 24.3 Å². The van der Waals surface area contributed by atoms with Gasteiger partial charge >= 0.3 is 10.1 Å². The Balaban J connectivity index is 2.16. The molecular formula is C15H8Cl3NO5S. The summed E-state index contributed by atoms with van der Waals surface area (Å²) in [7, 11) is -3.89. The second-order valence-corrected chi connectivity index (χ2v) is 7.84. The Morgan fingerprint density at radius 1 is 0.960 bits per heavy atom. The standard InChI is InChI=1S/C15H8Cl3NO5S/c1-25(22,23)24-10-4-2-3-7-11(10)15(21)19(14(7)20)9-6-5-8(16)12(17)13(9)18/h2-6H,1H3. The monoisotopic (exact) mass is 419 g/mol. The van der Waals surface area contributed by atoms with Crippen molar-refractivity contribution in [2.75, 3.05) is 11.2 Å². The van der Waals surface area contributed by atoms with Gasteiger partial charge in [0.15, 0.2) is 5.75 Å². The van der Waals surface area contributed by atoms with Crippen LogP contribution in [0.25, 0.3) is 0 Å². The highest BCUT2D eigenvalue weighted by Crippen LogP contribution is 2.41. The predicted octanol–water partition coefficient (Wildman–Crippen LogP) is 3.79. The summed E-state index contributed by atoms with van der Waals surface area (Å²) in [4.78, 5) is 26.2. The molecule has 25 heavy (non-hydrogen) atoms. The molecule has 2 aromatic rings. The predicted molar refractivity (Wildman–Crippen MR) is 94.5 cm³/mol. The molecule has 0 saturated heterocycles. The first-order chi connectivity index (χ1) is 11.6. The maximum absolute atomic E-state index is 12.8. The molecule has 1 heterocycles. The number of amides is 2. The van der Waals surface area contributed by atoms with Crippen LogP contribution < -0.4 is 9.08 Å². The molecule has 130 valence electrons. The van der Waals surface area contributed by atoms with E-state index in [1.807, 2.05) is 0 Å². The number of fused-ring (bicyclic) bond motifs is 1. The van der Waals surface area contributed by atoms with Crippen LogP contribution in [0.5, 0.6) is 5.75 Å². The van der Waals surface area contributed by atoms with Gasteiger partial charge in [-0.2, -0.15) is 8.42 Å². The summed E-state index contributed by atoms with van der Waals surface area (Å²) in [5.41, 5.74) is -0.138. The van der Waals surface area contributed by atoms with Crippen molar-refractivity contribution in [3.05, 3.63) is 56.5 Å². The zero-order valence-electron chi connectivity index (χ0n) is 12.4. The number of hydrogen-bond acceptors (Lipinski definition) is 5. The number of carbonyl (C=O) groups excluding carboxylic acids is 2. The van der Waals surface area contributed by atoms with Gasteiger partial charge in [-0.1, -0.05) is 40.9 Å². The van der Waals surface area contributed by atoms with Crippen molar-refractivity contribution in [1.29, 1.82) is 0 Å². The lowest BCUT2D eigenvalue weighted by atomic mass is 10.1. The van der Waals surface area contributed by atoms with Crippen LogP contribution in [0.3, 0.4) is 0 Å². The van der Waals surface area contributed by atoms with E-state index in [1.54, 1.807) is 0 Å². The Hall–Kier alpha value is -1.80. The molecule has 6 nitrogen and oxygen atoms in total. The third kappa shape index (κ3) is 3.08. The smallest absolute Gasteiger partial charge is 0.306 e. The number of carbonyl (C=O) groups is 2. The topological polar surface area (TPSA) is 80.8 Å². The van der Waals surface area contributed by atoms with Gasteiger partial charge in [0, 0.05) is 0 Å². The maximum Gasteiger partial charge on any atom is 0.306 e. The molecule has 1 aliphatic heterocycles. The number of halogens is 3. The molecule has 10 heteroatoms. The number of anilines is 1. The van der Waals surface area contributed by atoms with E-state index in [9.17, 15) is 18.0 Å². The molecule has 0 unspecified atom stereocenters. The van der Waals surface area contributed by atoms with Crippen molar-refractivity contribution in [2.45, 2.75) is 0 Å². The van der Waals surface area contributed by atoms with Crippen LogP contribution in [0, 0.1) is 0 Å². The molecule has 0 saturated carbocycles. The van der Waals surface area contributed by atoms with E-state index in [0.717, 1.165) is 11.2 Å². The summed E-state index contributed by atoms with van der Waals surface area (Å²) in [6.45, 7) is 0. The van der Waals surface area contributed by atoms with Crippen molar-refractivity contribution >= 4 is 62.4 Å². The minimum atomic E-state index is -3.89. The van der Waals surface area contributed by atoms with Gasteiger partial charge in [-0.25, -0.2) is 4.90 Å². The molecule has 2 aromatic carbocycles. The third-order valence-corrected chi connectivity index (χ3v) is 5.14. The van der Waals surface area contributed by atoms with Crippen LogP contribution >= 0.6 is 34.8 Å². The van der Waals surface area contributed by atoms with Crippen LogP contribution in [0.1, 0.15) is 20.7 Å². The van der Waals surface area contributed by atoms with Crippen molar-refractivity contribution in [2.24, 2.45) is 0 Å². The minimum Gasteiger partial charge on any atom is -0.382 e. The number of nitrogens with zero attached hydrogens (tertiary/aromatic N) is 1. The van der Waals surface area contributed by atoms with Gasteiger partial charge in [-0.15, -0.1) is 0 Å². The number of imide groups is 1. The second-order valence-electron chi connectivity index (χ2n) is 5.11. The summed E-state index contributed by atoms with van der Waals surface area (Å²) in [6.07, 6.45) is 0.835. The Labute approximate surface area is 158 Å². The lowest BCUT2D eigenvalue weighted by molar-refractivity contribution is 0.0926. The van der Waals surface area contributed by atoms with E-state index in [-0.39, 0.29) is 37.6 Å². The molecule has 3 rings (SSSR count). The van der Waals surface area contributed by atoms with Crippen LogP contribution in [-0.4, -0.2) is 26.5 Å². The van der Waals surface area contributed by atoms with Gasteiger partial charge in [0.05, 0.1) is 38.1 Å². The van der Waals surface area contributed by atoms with Crippen molar-refractivity contribution in [3.63, 3.8) is 0 Å². The third-order valence-electron chi connectivity index (χ3n) is 3.37. The molecule has 0 spiro atoms. The van der Waals surface area contributed by atoms with Crippen molar-refractivity contribution in [3.8, 4) is 5.75 Å². The van der Waals surface area contributed by atoms with Gasteiger partial charge in [-0.3, -0.25) is 9.59 Å². The SMILES string of the molecule is CS(=O)(=O)Oc1cccc2c1C(=O)N(c1ccc(Cl)c(Cl)c1Cl)C2=O. The van der Waals surface area contributed by atoms with Gasteiger partial charge < -0.3 is 4.18 Å². The normalized spacial score (nSPS) is 14.0. The fraction of sp³-hybridized carbons (Fsp3) is 0.0667. The molecule has 0 N–H and O–H groups in total. The summed E-state index contributed by atoms with van der Waals surface area (Å²) < 4.78 is 27.6. The second kappa shape index (κ2) is 6.17. The molecule has 0 aliphatic carbocycles. The van der Waals surface area contributed by atoms with Crippen LogP contribution in [0.4, 0.5) is 5.69 Å². The Kier molecular flexibility index (Phi) is 4.45. The fourth-order valence-corrected chi connectivity index (χ4v) is 3.47. The average Bonchev–Trinajstić information content (AvgIpc) is 2.77. The molecule has 0 fully saturated rings. The highest BCUT2D eigenvalue weighted by molar-refractivity contribution is 7.86. The number of rotatable bonds is 3. The first kappa shape index (κ1) is 18.0. The van der Waals surface area contributed by atoms with E-state index in [0.29, 0.717) is 0 Å². The van der Waals surface area contributed by atoms with E-state index in [2.05, 4.69) is 0 Å². The van der Waals surface area contributed by atoms with Gasteiger partial charge in [0.1, 0.15) is 0 Å². The maximum atomic E-state index is 12.8. The Bertz CT molecular complexity index is 1040.